The van der Waals surface area contributed by atoms with Crippen LogP contribution in [0.4, 0.5) is 4.79 Å². The molecule has 1 aromatic rings. The van der Waals surface area contributed by atoms with Gasteiger partial charge in [-0.1, -0.05) is 6.07 Å². The van der Waals surface area contributed by atoms with Crippen molar-refractivity contribution in [1.29, 1.82) is 0 Å². The van der Waals surface area contributed by atoms with E-state index >= 15 is 0 Å². The molecular formula is C15H19N3O4. The highest BCUT2D eigenvalue weighted by molar-refractivity contribution is 5.80. The van der Waals surface area contributed by atoms with E-state index in [1.54, 1.807) is 17.0 Å². The molecule has 1 aromatic heterocycles. The van der Waals surface area contributed by atoms with Crippen LogP contribution in [0.1, 0.15) is 18.0 Å². The fourth-order valence-corrected chi connectivity index (χ4v) is 3.39. The van der Waals surface area contributed by atoms with Crippen LogP contribution in [0.5, 0.6) is 0 Å². The molecule has 22 heavy (non-hydrogen) atoms. The first-order valence-electron chi connectivity index (χ1n) is 7.38. The number of pyridine rings is 1. The lowest BCUT2D eigenvalue weighted by Crippen LogP contribution is -2.52. The minimum Gasteiger partial charge on any atom is -0.468 e. The number of nitrogens with one attached hydrogen (secondary N) is 1. The van der Waals surface area contributed by atoms with E-state index in [-0.39, 0.29) is 30.0 Å². The number of piperidine rings is 1. The maximum absolute atomic E-state index is 12.2. The van der Waals surface area contributed by atoms with Crippen LogP contribution in [-0.4, -0.2) is 48.2 Å². The Bertz CT molecular complexity index is 654. The van der Waals surface area contributed by atoms with E-state index < -0.39 is 5.97 Å². The molecule has 7 heteroatoms. The number of ether oxygens (including phenoxy) is 1. The number of amides is 2. The first-order chi connectivity index (χ1) is 10.6. The third-order valence-corrected chi connectivity index (χ3v) is 4.38. The number of fused-ring (bicyclic) bond motifs is 4. The summed E-state index contributed by atoms with van der Waals surface area (Å²) in [5, 5.41) is 2.57. The molecule has 0 radical (unpaired) electrons. The molecule has 2 unspecified atom stereocenters. The molecule has 2 amide bonds. The van der Waals surface area contributed by atoms with Gasteiger partial charge >= 0.3 is 12.0 Å². The van der Waals surface area contributed by atoms with Crippen molar-refractivity contribution in [3.8, 4) is 0 Å². The lowest BCUT2D eigenvalue weighted by Gasteiger charge is -2.42. The van der Waals surface area contributed by atoms with Gasteiger partial charge in [-0.15, -0.1) is 0 Å². The highest BCUT2D eigenvalue weighted by Gasteiger charge is 2.36. The molecule has 2 aliphatic heterocycles. The molecule has 1 fully saturated rings. The van der Waals surface area contributed by atoms with Gasteiger partial charge in [-0.2, -0.15) is 0 Å². The second-order valence-corrected chi connectivity index (χ2v) is 5.84. The summed E-state index contributed by atoms with van der Waals surface area (Å²) in [6.45, 7) is 1.68. The van der Waals surface area contributed by atoms with E-state index in [0.717, 1.165) is 12.1 Å². The third kappa shape index (κ3) is 2.70. The van der Waals surface area contributed by atoms with Gasteiger partial charge in [0.15, 0.2) is 0 Å². The molecule has 0 saturated carbocycles. The molecule has 0 aliphatic carbocycles. The summed E-state index contributed by atoms with van der Waals surface area (Å²) in [6.07, 6.45) is 0.990. The fraction of sp³-hybridized carbons (Fsp3) is 0.533. The molecule has 3 heterocycles. The Balaban J connectivity index is 1.72. The van der Waals surface area contributed by atoms with Gasteiger partial charge in [-0.3, -0.25) is 9.59 Å². The quantitative estimate of drug-likeness (QED) is 0.789. The summed E-state index contributed by atoms with van der Waals surface area (Å²) in [4.78, 5) is 36.9. The Morgan fingerprint density at radius 1 is 1.32 bits per heavy atom. The zero-order valence-electron chi connectivity index (χ0n) is 12.4. The number of hydrogen-bond donors (Lipinski definition) is 1. The SMILES string of the molecule is COC(=O)CNC(=O)N1CC2CC(C1)c1cccc(=O)n1C2. The van der Waals surface area contributed by atoms with Crippen molar-refractivity contribution in [2.75, 3.05) is 26.7 Å². The molecular weight excluding hydrogens is 286 g/mol. The Morgan fingerprint density at radius 3 is 2.91 bits per heavy atom. The number of hydrogen-bond acceptors (Lipinski definition) is 4. The van der Waals surface area contributed by atoms with Crippen LogP contribution in [0.3, 0.4) is 0 Å². The van der Waals surface area contributed by atoms with E-state index in [9.17, 15) is 14.4 Å². The van der Waals surface area contributed by atoms with E-state index in [0.29, 0.717) is 19.6 Å². The normalized spacial score (nSPS) is 22.7. The summed E-state index contributed by atoms with van der Waals surface area (Å²) in [5.74, 6) is -0.0250. The molecule has 2 bridgehead atoms. The summed E-state index contributed by atoms with van der Waals surface area (Å²) in [5.41, 5.74) is 1.02. The standard InChI is InChI=1S/C15H19N3O4/c1-22-14(20)6-16-15(21)17-7-10-5-11(9-17)12-3-2-4-13(19)18(12)8-10/h2-4,10-11H,5-9H2,1H3,(H,16,21). The smallest absolute Gasteiger partial charge is 0.325 e. The maximum Gasteiger partial charge on any atom is 0.325 e. The Kier molecular flexibility index (Phi) is 3.87. The second kappa shape index (κ2) is 5.82. The van der Waals surface area contributed by atoms with Gasteiger partial charge in [-0.05, 0) is 18.4 Å². The van der Waals surface area contributed by atoms with Gasteiger partial charge in [0.1, 0.15) is 6.54 Å². The number of carbonyl (C=O) groups excluding carboxylic acids is 2. The molecule has 7 nitrogen and oxygen atoms in total. The van der Waals surface area contributed by atoms with Gasteiger partial charge in [0.05, 0.1) is 7.11 Å². The van der Waals surface area contributed by atoms with Gasteiger partial charge in [-0.25, -0.2) is 4.79 Å². The molecule has 118 valence electrons. The van der Waals surface area contributed by atoms with Crippen molar-refractivity contribution in [2.24, 2.45) is 5.92 Å². The number of esters is 1. The van der Waals surface area contributed by atoms with Crippen LogP contribution < -0.4 is 10.9 Å². The minimum atomic E-state index is -0.470. The van der Waals surface area contributed by atoms with E-state index in [1.807, 2.05) is 10.6 Å². The lowest BCUT2D eigenvalue weighted by molar-refractivity contribution is -0.139. The Hall–Kier alpha value is -2.31. The molecule has 0 aromatic carbocycles. The number of aromatic nitrogens is 1. The Labute approximate surface area is 127 Å². The second-order valence-electron chi connectivity index (χ2n) is 5.84. The van der Waals surface area contributed by atoms with Crippen molar-refractivity contribution in [3.05, 3.63) is 34.2 Å². The van der Waals surface area contributed by atoms with Crippen LogP contribution >= 0.6 is 0 Å². The van der Waals surface area contributed by atoms with Crippen LogP contribution in [0.2, 0.25) is 0 Å². The van der Waals surface area contributed by atoms with Gasteiger partial charge in [0, 0.05) is 37.3 Å². The molecule has 2 aliphatic rings. The van der Waals surface area contributed by atoms with E-state index in [2.05, 4.69) is 10.1 Å². The minimum absolute atomic E-state index is 0.0239. The largest absolute Gasteiger partial charge is 0.468 e. The summed E-state index contributed by atoms with van der Waals surface area (Å²) in [6, 6.07) is 5.04. The van der Waals surface area contributed by atoms with E-state index in [4.69, 9.17) is 0 Å². The van der Waals surface area contributed by atoms with Crippen LogP contribution in [0.15, 0.2) is 23.0 Å². The first-order valence-corrected chi connectivity index (χ1v) is 7.38. The monoisotopic (exact) mass is 305 g/mol. The molecule has 0 spiro atoms. The first kappa shape index (κ1) is 14.6. The predicted octanol–water partition coefficient (Wildman–Crippen LogP) is 0.150. The average Bonchev–Trinajstić information content (AvgIpc) is 2.53. The number of methoxy groups -OCH3 is 1. The topological polar surface area (TPSA) is 80.6 Å². The number of likely N-dealkylation sites (tertiary alicyclic amines) is 1. The highest BCUT2D eigenvalue weighted by Crippen LogP contribution is 2.34. The zero-order chi connectivity index (χ0) is 15.7. The van der Waals surface area contributed by atoms with Crippen LogP contribution in [-0.2, 0) is 16.1 Å². The Morgan fingerprint density at radius 2 is 2.14 bits per heavy atom. The van der Waals surface area contributed by atoms with E-state index in [1.165, 1.54) is 7.11 Å². The number of urea groups is 1. The average molecular weight is 305 g/mol. The lowest BCUT2D eigenvalue weighted by atomic mass is 9.83. The third-order valence-electron chi connectivity index (χ3n) is 4.38. The van der Waals surface area contributed by atoms with Crippen molar-refractivity contribution in [1.82, 2.24) is 14.8 Å². The number of carbonyl (C=O) groups is 2. The molecule has 1 saturated heterocycles. The molecule has 2 atom stereocenters. The van der Waals surface area contributed by atoms with Gasteiger partial charge in [0.2, 0.25) is 0 Å². The van der Waals surface area contributed by atoms with Gasteiger partial charge in [0.25, 0.3) is 5.56 Å². The van der Waals surface area contributed by atoms with Crippen molar-refractivity contribution in [3.63, 3.8) is 0 Å². The molecule has 1 N–H and O–H groups in total. The van der Waals surface area contributed by atoms with Crippen LogP contribution in [0.25, 0.3) is 0 Å². The summed E-state index contributed by atoms with van der Waals surface area (Å²) < 4.78 is 6.33. The van der Waals surface area contributed by atoms with Crippen molar-refractivity contribution >= 4 is 12.0 Å². The summed E-state index contributed by atoms with van der Waals surface area (Å²) >= 11 is 0. The number of rotatable bonds is 2. The van der Waals surface area contributed by atoms with Gasteiger partial charge < -0.3 is 19.5 Å². The van der Waals surface area contributed by atoms with Crippen LogP contribution in [0, 0.1) is 5.92 Å². The summed E-state index contributed by atoms with van der Waals surface area (Å²) in [7, 11) is 1.29. The van der Waals surface area contributed by atoms with Crippen molar-refractivity contribution in [2.45, 2.75) is 18.9 Å². The fourth-order valence-electron chi connectivity index (χ4n) is 3.39. The number of nitrogens with zero attached hydrogens (tertiary/aromatic N) is 2. The highest BCUT2D eigenvalue weighted by atomic mass is 16.5. The zero-order valence-corrected chi connectivity index (χ0v) is 12.4. The maximum atomic E-state index is 12.2. The van der Waals surface area contributed by atoms with Crippen molar-refractivity contribution < 1.29 is 14.3 Å². The predicted molar refractivity (Wildman–Crippen MR) is 78.5 cm³/mol. The molecule has 3 rings (SSSR count).